The van der Waals surface area contributed by atoms with E-state index in [0.29, 0.717) is 6.79 Å². The van der Waals surface area contributed by atoms with E-state index in [-0.39, 0.29) is 18.4 Å². The maximum atomic E-state index is 5.55. The van der Waals surface area contributed by atoms with Gasteiger partial charge in [-0.1, -0.05) is 66.7 Å². The van der Waals surface area contributed by atoms with E-state index in [1.807, 2.05) is 12.1 Å². The first-order chi connectivity index (χ1) is 12.4. The Bertz CT molecular complexity index is 824. The Hall–Kier alpha value is -2.49. The van der Waals surface area contributed by atoms with Gasteiger partial charge >= 0.3 is 0 Å². The van der Waals surface area contributed by atoms with Crippen molar-refractivity contribution in [3.63, 3.8) is 0 Å². The highest BCUT2D eigenvalue weighted by molar-refractivity contribution is 5.85. The third kappa shape index (κ3) is 4.37. The maximum Gasteiger partial charge on any atom is 0.231 e. The van der Waals surface area contributed by atoms with Crippen LogP contribution >= 0.6 is 12.4 Å². The Balaban J connectivity index is 0.00000196. The lowest BCUT2D eigenvalue weighted by Gasteiger charge is -2.20. The molecular formula is C22H22ClNO2. The van der Waals surface area contributed by atoms with Crippen LogP contribution in [0.15, 0.2) is 78.9 Å². The molecule has 26 heavy (non-hydrogen) atoms. The first kappa shape index (κ1) is 18.3. The average Bonchev–Trinajstić information content (AvgIpc) is 3.14. The predicted molar refractivity (Wildman–Crippen MR) is 106 cm³/mol. The molecule has 0 bridgehead atoms. The zero-order chi connectivity index (χ0) is 16.9. The molecule has 3 aromatic carbocycles. The van der Waals surface area contributed by atoms with Crippen LogP contribution in [0.4, 0.5) is 0 Å². The molecule has 0 saturated heterocycles. The number of rotatable bonds is 6. The summed E-state index contributed by atoms with van der Waals surface area (Å²) >= 11 is 0. The molecule has 0 fully saturated rings. The predicted octanol–water partition coefficient (Wildman–Crippen LogP) is 4.91. The van der Waals surface area contributed by atoms with E-state index in [4.69, 9.17) is 9.47 Å². The van der Waals surface area contributed by atoms with Crippen molar-refractivity contribution in [1.82, 2.24) is 5.32 Å². The summed E-state index contributed by atoms with van der Waals surface area (Å²) in [4.78, 5) is 0. The van der Waals surface area contributed by atoms with E-state index >= 15 is 0 Å². The van der Waals surface area contributed by atoms with Crippen molar-refractivity contribution in [3.05, 3.63) is 95.6 Å². The number of ether oxygens (including phenoxy) is 2. The van der Waals surface area contributed by atoms with Gasteiger partial charge in [0.15, 0.2) is 11.5 Å². The van der Waals surface area contributed by atoms with Crippen molar-refractivity contribution in [3.8, 4) is 11.5 Å². The molecule has 3 aromatic rings. The van der Waals surface area contributed by atoms with E-state index in [1.54, 1.807) is 0 Å². The molecule has 3 nitrogen and oxygen atoms in total. The topological polar surface area (TPSA) is 30.5 Å². The lowest BCUT2D eigenvalue weighted by Crippen LogP contribution is -2.23. The molecule has 0 aromatic heterocycles. The molecule has 0 radical (unpaired) electrons. The largest absolute Gasteiger partial charge is 0.454 e. The van der Waals surface area contributed by atoms with Crippen LogP contribution in [0.2, 0.25) is 0 Å². The molecule has 1 N–H and O–H groups in total. The highest BCUT2D eigenvalue weighted by Crippen LogP contribution is 2.35. The second-order valence-corrected chi connectivity index (χ2v) is 6.22. The molecule has 1 aliphatic heterocycles. The maximum absolute atomic E-state index is 5.55. The Kier molecular flexibility index (Phi) is 6.16. The minimum absolute atomic E-state index is 0. The number of hydrogen-bond acceptors (Lipinski definition) is 3. The van der Waals surface area contributed by atoms with Crippen LogP contribution in [-0.4, -0.2) is 6.79 Å². The molecule has 0 amide bonds. The van der Waals surface area contributed by atoms with E-state index in [9.17, 15) is 0 Å². The summed E-state index contributed by atoms with van der Waals surface area (Å²) in [5.74, 6) is 1.65. The highest BCUT2D eigenvalue weighted by atomic mass is 35.5. The van der Waals surface area contributed by atoms with Crippen molar-refractivity contribution < 1.29 is 9.47 Å². The molecule has 0 aliphatic carbocycles. The number of halogens is 1. The monoisotopic (exact) mass is 367 g/mol. The van der Waals surface area contributed by atoms with Crippen LogP contribution in [0.1, 0.15) is 22.7 Å². The van der Waals surface area contributed by atoms with Crippen molar-refractivity contribution in [2.24, 2.45) is 0 Å². The highest BCUT2D eigenvalue weighted by Gasteiger charge is 2.18. The quantitative estimate of drug-likeness (QED) is 0.671. The van der Waals surface area contributed by atoms with Gasteiger partial charge in [0.05, 0.1) is 0 Å². The van der Waals surface area contributed by atoms with E-state index in [0.717, 1.165) is 24.5 Å². The van der Waals surface area contributed by atoms with Gasteiger partial charge in [-0.2, -0.15) is 0 Å². The Morgan fingerprint density at radius 1 is 0.769 bits per heavy atom. The molecule has 1 aliphatic rings. The van der Waals surface area contributed by atoms with Gasteiger partial charge in [-0.3, -0.25) is 0 Å². The third-order valence-electron chi connectivity index (χ3n) is 4.48. The van der Waals surface area contributed by atoms with Gasteiger partial charge < -0.3 is 14.8 Å². The fourth-order valence-corrected chi connectivity index (χ4v) is 3.12. The molecule has 1 unspecified atom stereocenters. The van der Waals surface area contributed by atoms with Gasteiger partial charge in [-0.05, 0) is 35.2 Å². The number of nitrogens with one attached hydrogen (secondary N) is 1. The second kappa shape index (κ2) is 8.75. The molecule has 1 atom stereocenters. The molecule has 1 heterocycles. The van der Waals surface area contributed by atoms with Gasteiger partial charge in [0, 0.05) is 12.6 Å². The summed E-state index contributed by atoms with van der Waals surface area (Å²) in [7, 11) is 0. The summed E-state index contributed by atoms with van der Waals surface area (Å²) in [6.45, 7) is 1.13. The van der Waals surface area contributed by atoms with E-state index in [1.165, 1.54) is 16.7 Å². The van der Waals surface area contributed by atoms with Crippen LogP contribution < -0.4 is 14.8 Å². The summed E-state index contributed by atoms with van der Waals surface area (Å²) < 4.78 is 11.0. The molecule has 0 saturated carbocycles. The van der Waals surface area contributed by atoms with Crippen LogP contribution in [-0.2, 0) is 13.0 Å². The zero-order valence-electron chi connectivity index (χ0n) is 14.4. The van der Waals surface area contributed by atoms with Gasteiger partial charge in [0.25, 0.3) is 0 Å². The zero-order valence-corrected chi connectivity index (χ0v) is 15.2. The molecule has 0 spiro atoms. The average molecular weight is 368 g/mol. The smallest absolute Gasteiger partial charge is 0.231 e. The molecule has 4 heteroatoms. The lowest BCUT2D eigenvalue weighted by atomic mass is 9.98. The Labute approximate surface area is 160 Å². The summed E-state index contributed by atoms with van der Waals surface area (Å²) in [6, 6.07) is 27.5. The lowest BCUT2D eigenvalue weighted by molar-refractivity contribution is 0.174. The summed E-state index contributed by atoms with van der Waals surface area (Å²) in [5.41, 5.74) is 3.80. The second-order valence-electron chi connectivity index (χ2n) is 6.22. The summed E-state index contributed by atoms with van der Waals surface area (Å²) in [5, 5.41) is 3.70. The van der Waals surface area contributed by atoms with Crippen LogP contribution in [0.3, 0.4) is 0 Å². The fraction of sp³-hybridized carbons (Fsp3) is 0.182. The third-order valence-corrected chi connectivity index (χ3v) is 4.48. The first-order valence-electron chi connectivity index (χ1n) is 8.59. The van der Waals surface area contributed by atoms with Crippen molar-refractivity contribution >= 4 is 12.4 Å². The Morgan fingerprint density at radius 3 is 2.15 bits per heavy atom. The van der Waals surface area contributed by atoms with Crippen molar-refractivity contribution in [2.75, 3.05) is 6.79 Å². The van der Waals surface area contributed by atoms with E-state index in [2.05, 4.69) is 72.0 Å². The standard InChI is InChI=1S/C22H21NO2.ClH/c1-3-7-17(8-4-1)13-20(23-15-18-9-5-2-6-10-18)19-11-12-21-22(14-19)25-16-24-21;/h1-12,14,20,23H,13,15-16H2;1H. The molecule has 4 rings (SSSR count). The normalized spacial score (nSPS) is 13.1. The minimum Gasteiger partial charge on any atom is -0.454 e. The molecule has 134 valence electrons. The van der Waals surface area contributed by atoms with Crippen LogP contribution in [0, 0.1) is 0 Å². The van der Waals surface area contributed by atoms with Gasteiger partial charge in [-0.25, -0.2) is 0 Å². The van der Waals surface area contributed by atoms with Gasteiger partial charge in [0.2, 0.25) is 6.79 Å². The number of hydrogen-bond donors (Lipinski definition) is 1. The van der Waals surface area contributed by atoms with E-state index < -0.39 is 0 Å². The van der Waals surface area contributed by atoms with Gasteiger partial charge in [0.1, 0.15) is 0 Å². The number of fused-ring (bicyclic) bond motifs is 1. The van der Waals surface area contributed by atoms with Crippen LogP contribution in [0.5, 0.6) is 11.5 Å². The fourth-order valence-electron chi connectivity index (χ4n) is 3.12. The van der Waals surface area contributed by atoms with Crippen molar-refractivity contribution in [2.45, 2.75) is 19.0 Å². The number of benzene rings is 3. The Morgan fingerprint density at radius 2 is 1.42 bits per heavy atom. The minimum atomic E-state index is 0. The first-order valence-corrected chi connectivity index (χ1v) is 8.59. The van der Waals surface area contributed by atoms with Crippen molar-refractivity contribution in [1.29, 1.82) is 0 Å². The summed E-state index contributed by atoms with van der Waals surface area (Å²) in [6.07, 6.45) is 0.924. The SMILES string of the molecule is Cl.c1ccc(CNC(Cc2ccccc2)c2ccc3c(c2)OCO3)cc1. The van der Waals surface area contributed by atoms with Crippen LogP contribution in [0.25, 0.3) is 0 Å². The van der Waals surface area contributed by atoms with Gasteiger partial charge in [-0.15, -0.1) is 12.4 Å². The molecular weight excluding hydrogens is 346 g/mol.